The van der Waals surface area contributed by atoms with Crippen LogP contribution in [0.4, 0.5) is 0 Å². The maximum absolute atomic E-state index is 12.6. The van der Waals surface area contributed by atoms with Gasteiger partial charge in [0, 0.05) is 21.3 Å². The summed E-state index contributed by atoms with van der Waals surface area (Å²) in [6.07, 6.45) is 4.21. The predicted octanol–water partition coefficient (Wildman–Crippen LogP) is 4.21. The topological polar surface area (TPSA) is 60.7 Å². The largest absolute Gasteiger partial charge is 0.455 e. The van der Waals surface area contributed by atoms with Gasteiger partial charge in [0.15, 0.2) is 4.96 Å². The first kappa shape index (κ1) is 16.6. The minimum absolute atomic E-state index is 0.00137. The molecule has 1 aromatic carbocycles. The lowest BCUT2D eigenvalue weighted by atomic mass is 10.0. The van der Waals surface area contributed by atoms with Gasteiger partial charge in [-0.2, -0.15) is 0 Å². The fourth-order valence-corrected chi connectivity index (χ4v) is 5.70. The third-order valence-corrected chi connectivity index (χ3v) is 7.03. The van der Waals surface area contributed by atoms with E-state index >= 15 is 0 Å². The predicted molar refractivity (Wildman–Crippen MR) is 107 cm³/mol. The Hall–Kier alpha value is -2.51. The van der Waals surface area contributed by atoms with Gasteiger partial charge in [-0.05, 0) is 43.2 Å². The monoisotopic (exact) mass is 396 g/mol. The Morgan fingerprint density at radius 2 is 2.00 bits per heavy atom. The number of rotatable bonds is 3. The average molecular weight is 396 g/mol. The van der Waals surface area contributed by atoms with Crippen molar-refractivity contribution in [2.75, 3.05) is 0 Å². The van der Waals surface area contributed by atoms with E-state index in [0.717, 1.165) is 41.5 Å². The number of esters is 1. The Kier molecular flexibility index (Phi) is 4.06. The van der Waals surface area contributed by atoms with Crippen LogP contribution in [0.2, 0.25) is 0 Å². The normalized spacial score (nSPS) is 13.8. The lowest BCUT2D eigenvalue weighted by Crippen LogP contribution is -2.18. The smallest absolute Gasteiger partial charge is 0.348 e. The van der Waals surface area contributed by atoms with Crippen LogP contribution in [-0.2, 0) is 24.2 Å². The van der Waals surface area contributed by atoms with Crippen molar-refractivity contribution in [3.8, 4) is 0 Å². The van der Waals surface area contributed by atoms with Gasteiger partial charge < -0.3 is 4.74 Å². The second kappa shape index (κ2) is 6.58. The molecule has 0 N–H and O–H groups in total. The van der Waals surface area contributed by atoms with Gasteiger partial charge >= 0.3 is 5.97 Å². The zero-order valence-corrected chi connectivity index (χ0v) is 16.1. The van der Waals surface area contributed by atoms with Gasteiger partial charge in [-0.15, -0.1) is 22.7 Å². The highest BCUT2D eigenvalue weighted by Gasteiger charge is 2.19. The van der Waals surface area contributed by atoms with Gasteiger partial charge in [0.05, 0.1) is 5.69 Å². The van der Waals surface area contributed by atoms with Crippen LogP contribution >= 0.6 is 22.7 Å². The van der Waals surface area contributed by atoms with Crippen LogP contribution in [0, 0.1) is 0 Å². The number of fused-ring (bicyclic) bond motifs is 4. The average Bonchev–Trinajstić information content (AvgIpc) is 3.27. The number of aryl methyl sites for hydroxylation is 2. The summed E-state index contributed by atoms with van der Waals surface area (Å²) in [4.78, 5) is 32.0. The molecule has 0 spiro atoms. The zero-order chi connectivity index (χ0) is 18.4. The van der Waals surface area contributed by atoms with Crippen molar-refractivity contribution in [2.45, 2.75) is 32.3 Å². The van der Waals surface area contributed by atoms with Gasteiger partial charge in [0.1, 0.15) is 11.5 Å². The molecule has 3 aromatic heterocycles. The standard InChI is InChI=1S/C20H16N2O3S2/c23-18-10-13(21-20-22(18)14-6-2-4-8-16(14)27-20)11-25-19(24)17-9-12-5-1-3-7-15(12)26-17/h1,3,5,7,9-10H,2,4,6,8,11H2. The fraction of sp³-hybridized carbons (Fsp3) is 0.250. The van der Waals surface area contributed by atoms with Gasteiger partial charge in [-0.3, -0.25) is 9.20 Å². The summed E-state index contributed by atoms with van der Waals surface area (Å²) < 4.78 is 8.18. The van der Waals surface area contributed by atoms with Crippen LogP contribution in [0.1, 0.15) is 38.8 Å². The maximum Gasteiger partial charge on any atom is 0.348 e. The second-order valence-corrected chi connectivity index (χ2v) is 8.75. The Morgan fingerprint density at radius 1 is 1.15 bits per heavy atom. The summed E-state index contributed by atoms with van der Waals surface area (Å²) in [5.74, 6) is -0.385. The van der Waals surface area contributed by atoms with E-state index in [9.17, 15) is 9.59 Å². The third kappa shape index (κ3) is 2.96. The van der Waals surface area contributed by atoms with Gasteiger partial charge in [0.25, 0.3) is 5.56 Å². The molecule has 5 rings (SSSR count). The number of ether oxygens (including phenoxy) is 1. The molecule has 7 heteroatoms. The lowest BCUT2D eigenvalue weighted by Gasteiger charge is -2.10. The summed E-state index contributed by atoms with van der Waals surface area (Å²) >= 11 is 2.98. The molecular formula is C20H16N2O3S2. The molecule has 4 aromatic rings. The van der Waals surface area contributed by atoms with Crippen molar-refractivity contribution >= 4 is 43.7 Å². The van der Waals surface area contributed by atoms with E-state index < -0.39 is 0 Å². The van der Waals surface area contributed by atoms with E-state index in [1.807, 2.05) is 30.3 Å². The molecule has 0 bridgehead atoms. The first-order chi connectivity index (χ1) is 13.2. The van der Waals surface area contributed by atoms with Crippen LogP contribution in [0.25, 0.3) is 15.0 Å². The second-order valence-electron chi connectivity index (χ2n) is 6.61. The molecule has 0 saturated heterocycles. The SMILES string of the molecule is O=C(OCc1cc(=O)n2c3c(sc2n1)CCCC3)c1cc2ccccc2s1. The Balaban J connectivity index is 1.39. The molecule has 1 aliphatic rings. The first-order valence-electron chi connectivity index (χ1n) is 8.88. The van der Waals surface area contributed by atoms with Crippen LogP contribution < -0.4 is 5.56 Å². The Morgan fingerprint density at radius 3 is 2.89 bits per heavy atom. The van der Waals surface area contributed by atoms with E-state index in [2.05, 4.69) is 4.98 Å². The molecule has 0 amide bonds. The van der Waals surface area contributed by atoms with Gasteiger partial charge in [-0.1, -0.05) is 18.2 Å². The van der Waals surface area contributed by atoms with E-state index in [0.29, 0.717) is 15.5 Å². The molecule has 136 valence electrons. The quantitative estimate of drug-likeness (QED) is 0.487. The molecule has 0 saturated carbocycles. The molecule has 27 heavy (non-hydrogen) atoms. The number of hydrogen-bond donors (Lipinski definition) is 0. The summed E-state index contributed by atoms with van der Waals surface area (Å²) in [5, 5.41) is 1.02. The van der Waals surface area contributed by atoms with Crippen molar-refractivity contribution < 1.29 is 9.53 Å². The number of benzene rings is 1. The van der Waals surface area contributed by atoms with E-state index in [-0.39, 0.29) is 18.1 Å². The number of carbonyl (C=O) groups excluding carboxylic acids is 1. The van der Waals surface area contributed by atoms with Gasteiger partial charge in [0.2, 0.25) is 0 Å². The molecule has 0 atom stereocenters. The molecule has 1 aliphatic carbocycles. The van der Waals surface area contributed by atoms with E-state index in [1.54, 1.807) is 15.7 Å². The van der Waals surface area contributed by atoms with Crippen molar-refractivity contribution in [1.82, 2.24) is 9.38 Å². The number of carbonyl (C=O) groups is 1. The minimum atomic E-state index is -0.385. The maximum atomic E-state index is 12.6. The highest BCUT2D eigenvalue weighted by atomic mass is 32.1. The lowest BCUT2D eigenvalue weighted by molar-refractivity contribution is 0.0473. The first-order valence-corrected chi connectivity index (χ1v) is 10.5. The van der Waals surface area contributed by atoms with Crippen LogP contribution in [0.5, 0.6) is 0 Å². The summed E-state index contributed by atoms with van der Waals surface area (Å²) in [6, 6.07) is 11.1. The fourth-order valence-electron chi connectivity index (χ4n) is 3.51. The van der Waals surface area contributed by atoms with Gasteiger partial charge in [-0.25, -0.2) is 9.78 Å². The molecule has 0 unspecified atom stereocenters. The van der Waals surface area contributed by atoms with Crippen molar-refractivity contribution in [3.63, 3.8) is 0 Å². The van der Waals surface area contributed by atoms with E-state index in [1.165, 1.54) is 22.3 Å². The van der Waals surface area contributed by atoms with Crippen molar-refractivity contribution in [2.24, 2.45) is 0 Å². The van der Waals surface area contributed by atoms with Crippen LogP contribution in [0.15, 0.2) is 41.2 Å². The Bertz CT molecular complexity index is 1200. The minimum Gasteiger partial charge on any atom is -0.455 e. The summed E-state index contributed by atoms with van der Waals surface area (Å²) in [7, 11) is 0. The molecule has 5 nitrogen and oxygen atoms in total. The number of thiazole rings is 1. The third-order valence-electron chi connectivity index (χ3n) is 4.79. The number of thiophene rings is 1. The van der Waals surface area contributed by atoms with Crippen molar-refractivity contribution in [3.05, 3.63) is 67.9 Å². The number of aromatic nitrogens is 2. The zero-order valence-electron chi connectivity index (χ0n) is 14.4. The highest BCUT2D eigenvalue weighted by Crippen LogP contribution is 2.28. The molecule has 0 radical (unpaired) electrons. The molecule has 0 aliphatic heterocycles. The van der Waals surface area contributed by atoms with E-state index in [4.69, 9.17) is 4.74 Å². The highest BCUT2D eigenvalue weighted by molar-refractivity contribution is 7.20. The summed E-state index contributed by atoms with van der Waals surface area (Å²) in [6.45, 7) is 0.00137. The molecule has 3 heterocycles. The molecular weight excluding hydrogens is 380 g/mol. The number of hydrogen-bond acceptors (Lipinski definition) is 6. The van der Waals surface area contributed by atoms with Crippen LogP contribution in [0.3, 0.4) is 0 Å². The molecule has 0 fully saturated rings. The summed E-state index contributed by atoms with van der Waals surface area (Å²) in [5.41, 5.74) is 1.51. The van der Waals surface area contributed by atoms with Crippen molar-refractivity contribution in [1.29, 1.82) is 0 Å². The Labute approximate surface area is 162 Å². The number of nitrogens with zero attached hydrogens (tertiary/aromatic N) is 2. The van der Waals surface area contributed by atoms with Crippen LogP contribution in [-0.4, -0.2) is 15.4 Å².